The van der Waals surface area contributed by atoms with Gasteiger partial charge in [0.15, 0.2) is 0 Å². The molecule has 1 fully saturated rings. The van der Waals surface area contributed by atoms with Crippen LogP contribution in [0.25, 0.3) is 0 Å². The van der Waals surface area contributed by atoms with E-state index in [1.165, 1.54) is 12.1 Å². The van der Waals surface area contributed by atoms with Crippen LogP contribution in [0.4, 0.5) is 4.39 Å². The molecule has 1 N–H and O–H groups in total. The molecule has 0 aromatic heterocycles. The van der Waals surface area contributed by atoms with Crippen molar-refractivity contribution in [2.45, 2.75) is 51.7 Å². The molecule has 1 saturated heterocycles. The zero-order chi connectivity index (χ0) is 15.4. The highest BCUT2D eigenvalue weighted by Gasteiger charge is 2.29. The van der Waals surface area contributed by atoms with Crippen LogP contribution in [0.1, 0.15) is 45.1 Å². The summed E-state index contributed by atoms with van der Waals surface area (Å²) in [5, 5.41) is 2.99. The monoisotopic (exact) mass is 293 g/mol. The van der Waals surface area contributed by atoms with Gasteiger partial charge in [-0.05, 0) is 43.9 Å². The largest absolute Gasteiger partial charge is 0.375 e. The van der Waals surface area contributed by atoms with Gasteiger partial charge in [0, 0.05) is 18.9 Å². The Balaban J connectivity index is 1.77. The number of carbonyl (C=O) groups is 1. The topological polar surface area (TPSA) is 38.3 Å². The van der Waals surface area contributed by atoms with Crippen LogP contribution in [0.15, 0.2) is 24.3 Å². The zero-order valence-electron chi connectivity index (χ0n) is 12.9. The summed E-state index contributed by atoms with van der Waals surface area (Å²) in [6.45, 7) is 6.77. The summed E-state index contributed by atoms with van der Waals surface area (Å²) in [5.74, 6) is 0.269. The highest BCUT2D eigenvalue weighted by Crippen LogP contribution is 2.25. The van der Waals surface area contributed by atoms with Crippen LogP contribution < -0.4 is 5.32 Å². The van der Waals surface area contributed by atoms with Crippen molar-refractivity contribution in [2.24, 2.45) is 5.92 Å². The van der Waals surface area contributed by atoms with E-state index in [0.29, 0.717) is 18.9 Å². The van der Waals surface area contributed by atoms with E-state index in [2.05, 4.69) is 19.2 Å². The van der Waals surface area contributed by atoms with Gasteiger partial charge in [0.05, 0.1) is 12.2 Å². The Hall–Kier alpha value is -1.42. The van der Waals surface area contributed by atoms with E-state index in [0.717, 1.165) is 12.0 Å². The number of benzene rings is 1. The van der Waals surface area contributed by atoms with Crippen LogP contribution in [-0.2, 0) is 9.53 Å². The van der Waals surface area contributed by atoms with Crippen LogP contribution in [0.3, 0.4) is 0 Å². The highest BCUT2D eigenvalue weighted by molar-refractivity contribution is 5.76. The molecule has 1 heterocycles. The Morgan fingerprint density at radius 1 is 1.38 bits per heavy atom. The van der Waals surface area contributed by atoms with Crippen LogP contribution in [0.5, 0.6) is 0 Å². The fourth-order valence-electron chi connectivity index (χ4n) is 2.90. The number of carbonyl (C=O) groups excluding carboxylic acids is 1. The molecule has 1 aliphatic rings. The zero-order valence-corrected chi connectivity index (χ0v) is 12.9. The minimum atomic E-state index is -0.250. The van der Waals surface area contributed by atoms with Crippen molar-refractivity contribution >= 4 is 5.91 Å². The van der Waals surface area contributed by atoms with Gasteiger partial charge in [-0.2, -0.15) is 0 Å². The molecule has 1 aliphatic heterocycles. The fourth-order valence-corrected chi connectivity index (χ4v) is 2.90. The third kappa shape index (κ3) is 4.53. The fraction of sp³-hybridized carbons (Fsp3) is 0.588. The first-order valence-corrected chi connectivity index (χ1v) is 7.63. The molecule has 0 bridgehead atoms. The highest BCUT2D eigenvalue weighted by atomic mass is 19.1. The normalized spacial score (nSPS) is 26.6. The summed E-state index contributed by atoms with van der Waals surface area (Å²) >= 11 is 0. The Kier molecular flexibility index (Phi) is 5.34. The van der Waals surface area contributed by atoms with Gasteiger partial charge in [0.1, 0.15) is 5.82 Å². The van der Waals surface area contributed by atoms with E-state index in [-0.39, 0.29) is 29.9 Å². The standard InChI is InChI=1S/C17H24FNO2/c1-11(14-4-6-16(18)7-5-14)8-17(20)19-10-15-9-12(2)21-13(15)3/h4-7,11-13,15H,8-10H2,1-3H3,(H,19,20)/t11-,12+,13-,15+/m0/s1. The van der Waals surface area contributed by atoms with Gasteiger partial charge >= 0.3 is 0 Å². The summed E-state index contributed by atoms with van der Waals surface area (Å²) in [4.78, 5) is 12.0. The van der Waals surface area contributed by atoms with Gasteiger partial charge in [0.25, 0.3) is 0 Å². The maximum atomic E-state index is 12.9. The van der Waals surface area contributed by atoms with Crippen LogP contribution in [0, 0.1) is 11.7 Å². The second-order valence-corrected chi connectivity index (χ2v) is 6.11. The molecule has 1 amide bonds. The van der Waals surface area contributed by atoms with E-state index < -0.39 is 0 Å². The number of ether oxygens (including phenoxy) is 1. The SMILES string of the molecule is C[C@@H]1C[C@H](CNC(=O)C[C@H](C)c2ccc(F)cc2)[C@H](C)O1. The van der Waals surface area contributed by atoms with Gasteiger partial charge in [-0.3, -0.25) is 4.79 Å². The minimum absolute atomic E-state index is 0.0404. The van der Waals surface area contributed by atoms with E-state index in [1.807, 2.05) is 6.92 Å². The Labute approximate surface area is 125 Å². The lowest BCUT2D eigenvalue weighted by atomic mass is 9.97. The third-order valence-electron chi connectivity index (χ3n) is 4.24. The molecular weight excluding hydrogens is 269 g/mol. The van der Waals surface area contributed by atoms with Crippen molar-refractivity contribution in [3.05, 3.63) is 35.6 Å². The first-order valence-electron chi connectivity index (χ1n) is 7.63. The van der Waals surface area contributed by atoms with Crippen molar-refractivity contribution in [1.82, 2.24) is 5.32 Å². The summed E-state index contributed by atoms with van der Waals surface area (Å²) in [6.07, 6.45) is 1.90. The van der Waals surface area contributed by atoms with E-state index in [4.69, 9.17) is 4.74 Å². The lowest BCUT2D eigenvalue weighted by molar-refractivity contribution is -0.121. The summed E-state index contributed by atoms with van der Waals surface area (Å²) < 4.78 is 18.6. The van der Waals surface area contributed by atoms with Crippen molar-refractivity contribution in [3.63, 3.8) is 0 Å². The lowest BCUT2D eigenvalue weighted by Crippen LogP contribution is -2.32. The number of amides is 1. The molecule has 21 heavy (non-hydrogen) atoms. The molecule has 0 aliphatic carbocycles. The molecule has 2 rings (SSSR count). The molecule has 1 aromatic rings. The van der Waals surface area contributed by atoms with Crippen molar-refractivity contribution in [1.29, 1.82) is 0 Å². The molecule has 0 unspecified atom stereocenters. The molecule has 4 heteroatoms. The van der Waals surface area contributed by atoms with E-state index in [9.17, 15) is 9.18 Å². The predicted octanol–water partition coefficient (Wildman–Crippen LogP) is 3.25. The average Bonchev–Trinajstić information content (AvgIpc) is 2.75. The Morgan fingerprint density at radius 3 is 2.62 bits per heavy atom. The molecule has 0 spiro atoms. The third-order valence-corrected chi connectivity index (χ3v) is 4.24. The smallest absolute Gasteiger partial charge is 0.220 e. The van der Waals surface area contributed by atoms with Crippen LogP contribution in [-0.4, -0.2) is 24.7 Å². The molecule has 4 atom stereocenters. The van der Waals surface area contributed by atoms with Crippen LogP contribution >= 0.6 is 0 Å². The molecule has 1 aromatic carbocycles. The molecule has 0 saturated carbocycles. The number of hydrogen-bond donors (Lipinski definition) is 1. The number of nitrogens with one attached hydrogen (secondary N) is 1. The molecule has 0 radical (unpaired) electrons. The Bertz CT molecular complexity index is 474. The van der Waals surface area contributed by atoms with Crippen LogP contribution in [0.2, 0.25) is 0 Å². The van der Waals surface area contributed by atoms with Gasteiger partial charge in [-0.15, -0.1) is 0 Å². The molecule has 3 nitrogen and oxygen atoms in total. The maximum absolute atomic E-state index is 12.9. The number of halogens is 1. The summed E-state index contributed by atoms with van der Waals surface area (Å²) in [5.41, 5.74) is 0.984. The maximum Gasteiger partial charge on any atom is 0.220 e. The molecule has 116 valence electrons. The van der Waals surface area contributed by atoms with Gasteiger partial charge in [-0.1, -0.05) is 19.1 Å². The first kappa shape index (κ1) is 16.0. The van der Waals surface area contributed by atoms with Gasteiger partial charge in [0.2, 0.25) is 5.91 Å². The van der Waals surface area contributed by atoms with E-state index in [1.54, 1.807) is 12.1 Å². The molecular formula is C17H24FNO2. The average molecular weight is 293 g/mol. The predicted molar refractivity (Wildman–Crippen MR) is 80.6 cm³/mol. The quantitative estimate of drug-likeness (QED) is 0.905. The second-order valence-electron chi connectivity index (χ2n) is 6.11. The van der Waals surface area contributed by atoms with Crippen molar-refractivity contribution in [3.8, 4) is 0 Å². The van der Waals surface area contributed by atoms with Crippen molar-refractivity contribution < 1.29 is 13.9 Å². The first-order chi connectivity index (χ1) is 9.95. The summed E-state index contributed by atoms with van der Waals surface area (Å²) in [7, 11) is 0. The lowest BCUT2D eigenvalue weighted by Gasteiger charge is -2.16. The number of rotatable bonds is 5. The number of hydrogen-bond acceptors (Lipinski definition) is 2. The Morgan fingerprint density at radius 2 is 2.05 bits per heavy atom. The minimum Gasteiger partial charge on any atom is -0.375 e. The second kappa shape index (κ2) is 7.03. The van der Waals surface area contributed by atoms with Gasteiger partial charge < -0.3 is 10.1 Å². The summed E-state index contributed by atoms with van der Waals surface area (Å²) in [6, 6.07) is 6.34. The van der Waals surface area contributed by atoms with E-state index >= 15 is 0 Å². The van der Waals surface area contributed by atoms with Crippen molar-refractivity contribution in [2.75, 3.05) is 6.54 Å². The van der Waals surface area contributed by atoms with Gasteiger partial charge in [-0.25, -0.2) is 4.39 Å².